The summed E-state index contributed by atoms with van der Waals surface area (Å²) in [6.07, 6.45) is 4.72. The van der Waals surface area contributed by atoms with Crippen molar-refractivity contribution in [2.45, 2.75) is 26.2 Å². The Bertz CT molecular complexity index is 774. The highest BCUT2D eigenvalue weighted by atomic mass is 16.5. The molecular weight excluding hydrogens is 300 g/mol. The standard InChI is InChI=1S/C21H22O3/c1-3-4-11-24-20-13-15(9-10-19(20)23-2)12-17-14-16-7-5-6-8-18(16)21(17)22/h5-10,12-13H,3-4,11,14H2,1-2H3/b17-12+. The van der Waals surface area contributed by atoms with Crippen LogP contribution in [-0.2, 0) is 6.42 Å². The van der Waals surface area contributed by atoms with Crippen LogP contribution in [0.1, 0.15) is 41.3 Å². The third-order valence-corrected chi connectivity index (χ3v) is 4.22. The van der Waals surface area contributed by atoms with E-state index in [0.29, 0.717) is 18.8 Å². The molecule has 0 heterocycles. The van der Waals surface area contributed by atoms with Crippen molar-refractivity contribution in [3.63, 3.8) is 0 Å². The van der Waals surface area contributed by atoms with Crippen LogP contribution in [0.15, 0.2) is 48.0 Å². The number of rotatable bonds is 6. The molecule has 3 nitrogen and oxygen atoms in total. The summed E-state index contributed by atoms with van der Waals surface area (Å²) in [7, 11) is 1.64. The SMILES string of the molecule is CCCCOc1cc(/C=C2\Cc3ccccc3C2=O)ccc1OC. The van der Waals surface area contributed by atoms with Crippen LogP contribution in [0.4, 0.5) is 0 Å². The van der Waals surface area contributed by atoms with E-state index in [-0.39, 0.29) is 5.78 Å². The van der Waals surface area contributed by atoms with Gasteiger partial charge in [-0.25, -0.2) is 0 Å². The molecule has 2 aromatic rings. The first-order valence-electron chi connectivity index (χ1n) is 8.37. The van der Waals surface area contributed by atoms with E-state index in [1.165, 1.54) is 0 Å². The second-order valence-corrected chi connectivity index (χ2v) is 5.94. The number of hydrogen-bond donors (Lipinski definition) is 0. The first-order valence-corrected chi connectivity index (χ1v) is 8.37. The fourth-order valence-electron chi connectivity index (χ4n) is 2.89. The van der Waals surface area contributed by atoms with E-state index >= 15 is 0 Å². The van der Waals surface area contributed by atoms with Crippen LogP contribution in [-0.4, -0.2) is 19.5 Å². The van der Waals surface area contributed by atoms with E-state index in [1.54, 1.807) is 7.11 Å². The normalized spacial score (nSPS) is 14.8. The van der Waals surface area contributed by atoms with Crippen molar-refractivity contribution in [3.8, 4) is 11.5 Å². The lowest BCUT2D eigenvalue weighted by Crippen LogP contribution is -1.99. The number of unbranched alkanes of at least 4 members (excludes halogenated alkanes) is 1. The summed E-state index contributed by atoms with van der Waals surface area (Å²) < 4.78 is 11.2. The molecule has 0 fully saturated rings. The van der Waals surface area contributed by atoms with Crippen LogP contribution >= 0.6 is 0 Å². The van der Waals surface area contributed by atoms with Gasteiger partial charge in [-0.3, -0.25) is 4.79 Å². The highest BCUT2D eigenvalue weighted by Crippen LogP contribution is 2.31. The topological polar surface area (TPSA) is 35.5 Å². The number of ether oxygens (including phenoxy) is 2. The van der Waals surface area contributed by atoms with Crippen molar-refractivity contribution in [1.82, 2.24) is 0 Å². The number of carbonyl (C=O) groups is 1. The zero-order valence-corrected chi connectivity index (χ0v) is 14.2. The number of fused-ring (bicyclic) bond motifs is 1. The Labute approximate surface area is 142 Å². The Hall–Kier alpha value is -2.55. The summed E-state index contributed by atoms with van der Waals surface area (Å²) in [6, 6.07) is 13.6. The largest absolute Gasteiger partial charge is 0.493 e. The first kappa shape index (κ1) is 16.3. The van der Waals surface area contributed by atoms with Crippen molar-refractivity contribution in [3.05, 3.63) is 64.7 Å². The molecular formula is C21H22O3. The molecule has 0 amide bonds. The molecule has 0 saturated heterocycles. The number of benzene rings is 2. The van der Waals surface area contributed by atoms with Crippen LogP contribution in [0.25, 0.3) is 6.08 Å². The summed E-state index contributed by atoms with van der Waals surface area (Å²) in [6.45, 7) is 2.79. The molecule has 0 spiro atoms. The molecule has 24 heavy (non-hydrogen) atoms. The Kier molecular flexibility index (Phi) is 4.99. The highest BCUT2D eigenvalue weighted by molar-refractivity contribution is 6.15. The van der Waals surface area contributed by atoms with Crippen molar-refractivity contribution in [1.29, 1.82) is 0 Å². The van der Waals surface area contributed by atoms with E-state index in [2.05, 4.69) is 6.92 Å². The second-order valence-electron chi connectivity index (χ2n) is 5.94. The second kappa shape index (κ2) is 7.35. The number of ketones is 1. The molecule has 0 N–H and O–H groups in total. The maximum atomic E-state index is 12.5. The summed E-state index contributed by atoms with van der Waals surface area (Å²) >= 11 is 0. The highest BCUT2D eigenvalue weighted by Gasteiger charge is 2.23. The Morgan fingerprint density at radius 3 is 2.71 bits per heavy atom. The monoisotopic (exact) mass is 322 g/mol. The average Bonchev–Trinajstić information content (AvgIpc) is 2.92. The van der Waals surface area contributed by atoms with Gasteiger partial charge in [0.15, 0.2) is 17.3 Å². The third-order valence-electron chi connectivity index (χ3n) is 4.22. The van der Waals surface area contributed by atoms with Crippen molar-refractivity contribution in [2.24, 2.45) is 0 Å². The molecule has 2 aromatic carbocycles. The van der Waals surface area contributed by atoms with Gasteiger partial charge in [0, 0.05) is 17.6 Å². The Morgan fingerprint density at radius 2 is 1.96 bits per heavy atom. The fraction of sp³-hybridized carbons (Fsp3) is 0.286. The van der Waals surface area contributed by atoms with Gasteiger partial charge >= 0.3 is 0 Å². The lowest BCUT2D eigenvalue weighted by atomic mass is 10.1. The Morgan fingerprint density at radius 1 is 1.12 bits per heavy atom. The van der Waals surface area contributed by atoms with Crippen LogP contribution in [0.3, 0.4) is 0 Å². The van der Waals surface area contributed by atoms with E-state index in [1.807, 2.05) is 48.5 Å². The van der Waals surface area contributed by atoms with Gasteiger partial charge in [-0.15, -0.1) is 0 Å². The average molecular weight is 322 g/mol. The van der Waals surface area contributed by atoms with Gasteiger partial charge in [0.2, 0.25) is 0 Å². The Balaban J connectivity index is 1.85. The first-order chi connectivity index (χ1) is 11.7. The molecule has 124 valence electrons. The molecule has 1 aliphatic carbocycles. The molecule has 1 aliphatic rings. The maximum absolute atomic E-state index is 12.5. The zero-order valence-electron chi connectivity index (χ0n) is 14.2. The molecule has 0 radical (unpaired) electrons. The van der Waals surface area contributed by atoms with E-state index in [4.69, 9.17) is 9.47 Å². The van der Waals surface area contributed by atoms with E-state index < -0.39 is 0 Å². The molecule has 0 unspecified atom stereocenters. The van der Waals surface area contributed by atoms with Crippen LogP contribution in [0, 0.1) is 0 Å². The van der Waals surface area contributed by atoms with Crippen LogP contribution in [0.2, 0.25) is 0 Å². The molecule has 0 aliphatic heterocycles. The molecule has 3 rings (SSSR count). The number of allylic oxidation sites excluding steroid dienone is 1. The van der Waals surface area contributed by atoms with Gasteiger partial charge in [-0.1, -0.05) is 43.7 Å². The quantitative estimate of drug-likeness (QED) is 0.571. The van der Waals surface area contributed by atoms with Gasteiger partial charge in [-0.2, -0.15) is 0 Å². The third kappa shape index (κ3) is 3.35. The van der Waals surface area contributed by atoms with Gasteiger partial charge < -0.3 is 9.47 Å². The number of methoxy groups -OCH3 is 1. The van der Waals surface area contributed by atoms with E-state index in [0.717, 1.165) is 40.9 Å². The van der Waals surface area contributed by atoms with Gasteiger partial charge in [0.25, 0.3) is 0 Å². The van der Waals surface area contributed by atoms with E-state index in [9.17, 15) is 4.79 Å². The predicted molar refractivity (Wildman–Crippen MR) is 95.9 cm³/mol. The summed E-state index contributed by atoms with van der Waals surface area (Å²) in [5.41, 5.74) is 3.69. The van der Waals surface area contributed by atoms with Crippen molar-refractivity contribution < 1.29 is 14.3 Å². The molecule has 3 heteroatoms. The van der Waals surface area contributed by atoms with Gasteiger partial charge in [-0.05, 0) is 35.8 Å². The molecule has 0 aromatic heterocycles. The predicted octanol–water partition coefficient (Wildman–Crippen LogP) is 4.70. The maximum Gasteiger partial charge on any atom is 0.189 e. The lowest BCUT2D eigenvalue weighted by Gasteiger charge is -2.11. The number of carbonyl (C=O) groups excluding carboxylic acids is 1. The zero-order chi connectivity index (χ0) is 16.9. The summed E-state index contributed by atoms with van der Waals surface area (Å²) in [5, 5.41) is 0. The minimum absolute atomic E-state index is 0.120. The fourth-order valence-corrected chi connectivity index (χ4v) is 2.89. The minimum Gasteiger partial charge on any atom is -0.493 e. The van der Waals surface area contributed by atoms with Crippen molar-refractivity contribution >= 4 is 11.9 Å². The van der Waals surface area contributed by atoms with Gasteiger partial charge in [0.05, 0.1) is 13.7 Å². The minimum atomic E-state index is 0.120. The summed E-state index contributed by atoms with van der Waals surface area (Å²) in [5.74, 6) is 1.56. The number of hydrogen-bond acceptors (Lipinski definition) is 3. The summed E-state index contributed by atoms with van der Waals surface area (Å²) in [4.78, 5) is 12.5. The van der Waals surface area contributed by atoms with Crippen LogP contribution in [0.5, 0.6) is 11.5 Å². The van der Waals surface area contributed by atoms with Crippen molar-refractivity contribution in [2.75, 3.05) is 13.7 Å². The number of Topliss-reactive ketones (excluding diaryl/α,β-unsaturated/α-hetero) is 1. The molecule has 0 saturated carbocycles. The smallest absolute Gasteiger partial charge is 0.189 e. The lowest BCUT2D eigenvalue weighted by molar-refractivity contribution is 0.104. The molecule has 0 bridgehead atoms. The van der Waals surface area contributed by atoms with Crippen LogP contribution < -0.4 is 9.47 Å². The molecule has 0 atom stereocenters. The van der Waals surface area contributed by atoms with Gasteiger partial charge in [0.1, 0.15) is 0 Å².